The normalized spacial score (nSPS) is 12.4. The van der Waals surface area contributed by atoms with Crippen LogP contribution in [0.3, 0.4) is 0 Å². The minimum Gasteiger partial charge on any atom is -0.495 e. The summed E-state index contributed by atoms with van der Waals surface area (Å²) in [5.74, 6) is 0.356. The first kappa shape index (κ1) is 17.9. The molecule has 0 atom stereocenters. The largest absolute Gasteiger partial charge is 0.495 e. The molecule has 1 aromatic carbocycles. The van der Waals surface area contributed by atoms with Crippen LogP contribution in [0.5, 0.6) is 11.5 Å². The Morgan fingerprint density at radius 2 is 2.26 bits per heavy atom. The van der Waals surface area contributed by atoms with Gasteiger partial charge in [-0.2, -0.15) is 16.4 Å². The molecular formula is C19H18N2O4S2. The van der Waals surface area contributed by atoms with Crippen molar-refractivity contribution >= 4 is 29.1 Å². The van der Waals surface area contributed by atoms with E-state index in [4.69, 9.17) is 9.47 Å². The molecule has 4 rings (SSSR count). The summed E-state index contributed by atoms with van der Waals surface area (Å²) in [7, 11) is 1.64. The van der Waals surface area contributed by atoms with Crippen molar-refractivity contribution in [3.05, 3.63) is 40.2 Å². The van der Waals surface area contributed by atoms with Gasteiger partial charge >= 0.3 is 5.97 Å². The second-order valence-corrected chi connectivity index (χ2v) is 8.73. The molecule has 1 aliphatic rings. The highest BCUT2D eigenvalue weighted by atomic mass is 32.2. The molecule has 1 N–H and O–H groups in total. The number of hydrogen-bond donors (Lipinski definition) is 1. The number of ether oxygens (including phenoxy) is 2. The highest BCUT2D eigenvalue weighted by Crippen LogP contribution is 2.46. The van der Waals surface area contributed by atoms with Crippen LogP contribution < -0.4 is 9.47 Å². The van der Waals surface area contributed by atoms with E-state index >= 15 is 0 Å². The molecule has 6 nitrogen and oxygen atoms in total. The maximum atomic E-state index is 11.7. The number of carbonyl (C=O) groups is 1. The molecule has 140 valence electrons. The Kier molecular flexibility index (Phi) is 4.61. The summed E-state index contributed by atoms with van der Waals surface area (Å²) in [6.07, 6.45) is 0. The number of methoxy groups -OCH3 is 1. The lowest BCUT2D eigenvalue weighted by Crippen LogP contribution is -2.10. The van der Waals surface area contributed by atoms with E-state index in [0.29, 0.717) is 16.6 Å². The molecular weight excluding hydrogens is 384 g/mol. The molecule has 3 heterocycles. The molecule has 0 unspecified atom stereocenters. The van der Waals surface area contributed by atoms with Crippen LogP contribution in [0.1, 0.15) is 29.9 Å². The van der Waals surface area contributed by atoms with Gasteiger partial charge in [0.1, 0.15) is 18.1 Å². The Labute approximate surface area is 164 Å². The van der Waals surface area contributed by atoms with Crippen LogP contribution in [0.4, 0.5) is 0 Å². The molecule has 2 aromatic heterocycles. The van der Waals surface area contributed by atoms with Gasteiger partial charge in [-0.1, -0.05) is 13.8 Å². The van der Waals surface area contributed by atoms with Crippen LogP contribution in [-0.2, 0) is 6.61 Å². The average Bonchev–Trinajstić information content (AvgIpc) is 3.28. The first-order valence-electron chi connectivity index (χ1n) is 8.39. The zero-order chi connectivity index (χ0) is 19.1. The zero-order valence-electron chi connectivity index (χ0n) is 15.1. The number of aromatic nitrogens is 2. The molecule has 3 aromatic rings. The summed E-state index contributed by atoms with van der Waals surface area (Å²) in [5.41, 5.74) is 3.04. The van der Waals surface area contributed by atoms with E-state index in [1.165, 1.54) is 11.3 Å². The number of rotatable bonds is 5. The van der Waals surface area contributed by atoms with E-state index < -0.39 is 5.97 Å². The minimum atomic E-state index is -1.06. The quantitative estimate of drug-likeness (QED) is 0.624. The fourth-order valence-electron chi connectivity index (χ4n) is 3.10. The molecule has 0 bridgehead atoms. The number of hydrogen-bond acceptors (Lipinski definition) is 6. The summed E-state index contributed by atoms with van der Waals surface area (Å²) in [6.45, 7) is 4.39. The number of thioether (sulfide) groups is 1. The van der Waals surface area contributed by atoms with Crippen LogP contribution in [-0.4, -0.2) is 33.2 Å². The van der Waals surface area contributed by atoms with Gasteiger partial charge in [-0.15, -0.1) is 11.8 Å². The molecule has 0 aliphatic carbocycles. The van der Waals surface area contributed by atoms with E-state index in [1.54, 1.807) is 23.6 Å². The second kappa shape index (κ2) is 6.94. The second-order valence-electron chi connectivity index (χ2n) is 6.33. The maximum absolute atomic E-state index is 11.7. The van der Waals surface area contributed by atoms with E-state index in [0.717, 1.165) is 27.6 Å². The standard InChI is InChI=1S/C19H18N2O4S2/c1-10(2)27-16-6-12-14(7-15(16)24-3)25-8-13-17(19(22)23)20-21(18(12)13)11-4-5-26-9-11/h4-7,9-10H,8H2,1-3H3,(H,22,23). The van der Waals surface area contributed by atoms with Gasteiger partial charge in [0.15, 0.2) is 5.69 Å². The maximum Gasteiger partial charge on any atom is 0.356 e. The van der Waals surface area contributed by atoms with Crippen molar-refractivity contribution < 1.29 is 19.4 Å². The van der Waals surface area contributed by atoms with Gasteiger partial charge in [-0.25, -0.2) is 9.48 Å². The van der Waals surface area contributed by atoms with E-state index in [2.05, 4.69) is 18.9 Å². The Hall–Kier alpha value is -2.45. The van der Waals surface area contributed by atoms with Crippen LogP contribution in [0.2, 0.25) is 0 Å². The number of carboxylic acid groups (broad SMARTS) is 1. The van der Waals surface area contributed by atoms with Crippen molar-refractivity contribution in [2.45, 2.75) is 30.6 Å². The number of fused-ring (bicyclic) bond motifs is 3. The van der Waals surface area contributed by atoms with Crippen LogP contribution >= 0.6 is 23.1 Å². The number of nitrogens with zero attached hydrogens (tertiary/aromatic N) is 2. The van der Waals surface area contributed by atoms with Crippen molar-refractivity contribution in [3.63, 3.8) is 0 Å². The van der Waals surface area contributed by atoms with Gasteiger partial charge in [-0.05, 0) is 17.5 Å². The molecule has 0 radical (unpaired) electrons. The van der Waals surface area contributed by atoms with Gasteiger partial charge in [0, 0.05) is 22.3 Å². The van der Waals surface area contributed by atoms with Gasteiger partial charge in [0.25, 0.3) is 0 Å². The first-order chi connectivity index (χ1) is 13.0. The van der Waals surface area contributed by atoms with E-state index in [1.807, 2.05) is 29.0 Å². The third-order valence-corrected chi connectivity index (χ3v) is 5.91. The van der Waals surface area contributed by atoms with Crippen molar-refractivity contribution in [2.75, 3.05) is 7.11 Å². The smallest absolute Gasteiger partial charge is 0.356 e. The lowest BCUT2D eigenvalue weighted by atomic mass is 10.0. The molecule has 0 saturated carbocycles. The van der Waals surface area contributed by atoms with Crippen molar-refractivity contribution in [1.29, 1.82) is 0 Å². The average molecular weight is 402 g/mol. The summed E-state index contributed by atoms with van der Waals surface area (Å²) in [5, 5.41) is 18.2. The predicted molar refractivity (Wildman–Crippen MR) is 106 cm³/mol. The Morgan fingerprint density at radius 1 is 1.44 bits per heavy atom. The minimum absolute atomic E-state index is 0.0238. The number of carboxylic acids is 1. The predicted octanol–water partition coefficient (Wildman–Crippen LogP) is 4.70. The van der Waals surface area contributed by atoms with Gasteiger partial charge < -0.3 is 14.6 Å². The molecule has 1 aliphatic heterocycles. The topological polar surface area (TPSA) is 73.6 Å². The number of aromatic carboxylic acids is 1. The third-order valence-electron chi connectivity index (χ3n) is 4.19. The van der Waals surface area contributed by atoms with Gasteiger partial charge in [-0.3, -0.25) is 0 Å². The molecule has 27 heavy (non-hydrogen) atoms. The summed E-state index contributed by atoms with van der Waals surface area (Å²) in [6, 6.07) is 5.80. The van der Waals surface area contributed by atoms with E-state index in [-0.39, 0.29) is 12.3 Å². The Morgan fingerprint density at radius 3 is 2.89 bits per heavy atom. The van der Waals surface area contributed by atoms with E-state index in [9.17, 15) is 9.90 Å². The van der Waals surface area contributed by atoms with Crippen LogP contribution in [0.15, 0.2) is 33.9 Å². The lowest BCUT2D eigenvalue weighted by Gasteiger charge is -2.22. The monoisotopic (exact) mass is 402 g/mol. The van der Waals surface area contributed by atoms with Crippen molar-refractivity contribution in [1.82, 2.24) is 9.78 Å². The summed E-state index contributed by atoms with van der Waals surface area (Å²) >= 11 is 3.23. The van der Waals surface area contributed by atoms with Gasteiger partial charge in [0.2, 0.25) is 0 Å². The summed E-state index contributed by atoms with van der Waals surface area (Å²) in [4.78, 5) is 12.7. The highest BCUT2D eigenvalue weighted by Gasteiger charge is 2.31. The summed E-state index contributed by atoms with van der Waals surface area (Å²) < 4.78 is 13.1. The Balaban J connectivity index is 1.97. The molecule has 0 spiro atoms. The number of thiophene rings is 1. The Bertz CT molecular complexity index is 1010. The van der Waals surface area contributed by atoms with Crippen LogP contribution in [0.25, 0.3) is 16.9 Å². The molecule has 8 heteroatoms. The molecule has 0 saturated heterocycles. The third kappa shape index (κ3) is 3.08. The SMILES string of the molecule is COc1cc2c(cc1SC(C)C)-c1c(c(C(=O)O)nn1-c1ccsc1)CO2. The van der Waals surface area contributed by atoms with Crippen molar-refractivity contribution in [3.8, 4) is 28.4 Å². The van der Waals surface area contributed by atoms with Crippen LogP contribution in [0, 0.1) is 0 Å². The fraction of sp³-hybridized carbons (Fsp3) is 0.263. The number of benzene rings is 1. The fourth-order valence-corrected chi connectivity index (χ4v) is 4.67. The molecule has 0 fully saturated rings. The van der Waals surface area contributed by atoms with Gasteiger partial charge in [0.05, 0.1) is 29.0 Å². The molecule has 0 amide bonds. The highest BCUT2D eigenvalue weighted by molar-refractivity contribution is 8.00. The first-order valence-corrected chi connectivity index (χ1v) is 10.2. The van der Waals surface area contributed by atoms with Crippen molar-refractivity contribution in [2.24, 2.45) is 0 Å². The lowest BCUT2D eigenvalue weighted by molar-refractivity contribution is 0.0687. The zero-order valence-corrected chi connectivity index (χ0v) is 16.7.